The summed E-state index contributed by atoms with van der Waals surface area (Å²) in [5.74, 6) is 2.32. The highest BCUT2D eigenvalue weighted by molar-refractivity contribution is 5.91. The maximum Gasteiger partial charge on any atom is 0.233 e. The number of ether oxygens (including phenoxy) is 2. The molecule has 2 aliphatic carbocycles. The number of allylic oxidation sites excluding steroid dienone is 2. The van der Waals surface area contributed by atoms with E-state index in [0.29, 0.717) is 19.1 Å². The third-order valence-electron chi connectivity index (χ3n) is 6.62. The molecule has 1 heterocycles. The van der Waals surface area contributed by atoms with Gasteiger partial charge in [-0.05, 0) is 55.7 Å². The van der Waals surface area contributed by atoms with Crippen LogP contribution in [-0.4, -0.2) is 36.6 Å². The second-order valence-corrected chi connectivity index (χ2v) is 8.81. The number of carbonyl (C=O) groups excluding carboxylic acids is 1. The van der Waals surface area contributed by atoms with Crippen molar-refractivity contribution >= 4 is 5.91 Å². The number of hydrogen-bond acceptors (Lipinski definition) is 3. The lowest BCUT2D eigenvalue weighted by Gasteiger charge is -2.35. The number of hydrogen-bond donors (Lipinski definition) is 0. The zero-order chi connectivity index (χ0) is 20.4. The summed E-state index contributed by atoms with van der Waals surface area (Å²) in [6.07, 6.45) is 9.53. The Balaban J connectivity index is 1.35. The Morgan fingerprint density at radius 1 is 0.967 bits per heavy atom. The van der Waals surface area contributed by atoms with Gasteiger partial charge in [0.25, 0.3) is 0 Å². The van der Waals surface area contributed by atoms with Crippen LogP contribution in [0.4, 0.5) is 0 Å². The first kappa shape index (κ1) is 19.2. The fourth-order valence-corrected chi connectivity index (χ4v) is 4.78. The average Bonchev–Trinajstić information content (AvgIpc) is 3.61. The normalized spacial score (nSPS) is 23.6. The summed E-state index contributed by atoms with van der Waals surface area (Å²) in [5.41, 5.74) is 0.800. The molecule has 0 bridgehead atoms. The van der Waals surface area contributed by atoms with Crippen molar-refractivity contribution in [1.82, 2.24) is 4.90 Å². The monoisotopic (exact) mass is 403 g/mol. The van der Waals surface area contributed by atoms with Gasteiger partial charge in [0.1, 0.15) is 6.61 Å². The van der Waals surface area contributed by atoms with Crippen LogP contribution in [0.25, 0.3) is 0 Å². The molecular formula is C26H29NO3. The second kappa shape index (κ2) is 8.17. The lowest BCUT2D eigenvalue weighted by Crippen LogP contribution is -2.49. The third-order valence-corrected chi connectivity index (χ3v) is 6.62. The molecule has 0 saturated heterocycles. The van der Waals surface area contributed by atoms with Gasteiger partial charge in [-0.1, -0.05) is 54.6 Å². The van der Waals surface area contributed by atoms with E-state index in [0.717, 1.165) is 55.7 Å². The van der Waals surface area contributed by atoms with Crippen molar-refractivity contribution in [2.45, 2.75) is 43.6 Å². The molecule has 3 aliphatic rings. The van der Waals surface area contributed by atoms with Crippen LogP contribution >= 0.6 is 0 Å². The minimum absolute atomic E-state index is 0.144. The van der Waals surface area contributed by atoms with Crippen molar-refractivity contribution in [1.29, 1.82) is 0 Å². The Morgan fingerprint density at radius 3 is 2.47 bits per heavy atom. The Bertz CT molecular complexity index is 919. The summed E-state index contributed by atoms with van der Waals surface area (Å²) >= 11 is 0. The van der Waals surface area contributed by atoms with Crippen LogP contribution < -0.4 is 9.47 Å². The number of benzene rings is 2. The lowest BCUT2D eigenvalue weighted by molar-refractivity contribution is -0.136. The Morgan fingerprint density at radius 2 is 1.73 bits per heavy atom. The summed E-state index contributed by atoms with van der Waals surface area (Å²) in [7, 11) is 0. The standard InChI is InChI=1S/C26H29NO3/c28-25(26(15-16-26)21-11-5-2-6-12-21)27(17-20-9-3-1-4-10-20)18-22-19-29-23-13-7-8-14-24(23)30-22/h1-3,5-8,11-14,20,22H,4,9-10,15-19H2/t20-,22-/m0/s1. The van der Waals surface area contributed by atoms with Crippen LogP contribution in [0.5, 0.6) is 11.5 Å². The van der Waals surface area contributed by atoms with E-state index in [2.05, 4.69) is 29.2 Å². The molecule has 0 N–H and O–H groups in total. The molecule has 2 aromatic rings. The molecule has 156 valence electrons. The van der Waals surface area contributed by atoms with E-state index in [-0.39, 0.29) is 17.4 Å². The molecule has 0 radical (unpaired) electrons. The quantitative estimate of drug-likeness (QED) is 0.654. The Labute approximate surface area is 178 Å². The minimum Gasteiger partial charge on any atom is -0.486 e. The van der Waals surface area contributed by atoms with Crippen molar-refractivity contribution < 1.29 is 14.3 Å². The van der Waals surface area contributed by atoms with E-state index in [1.807, 2.05) is 42.5 Å². The molecule has 2 aromatic carbocycles. The fraction of sp³-hybridized carbons (Fsp3) is 0.423. The molecule has 1 amide bonds. The van der Waals surface area contributed by atoms with Crippen molar-refractivity contribution in [3.63, 3.8) is 0 Å². The van der Waals surface area contributed by atoms with Crippen molar-refractivity contribution in [2.75, 3.05) is 19.7 Å². The number of amides is 1. The number of para-hydroxylation sites is 2. The van der Waals surface area contributed by atoms with Gasteiger partial charge in [-0.15, -0.1) is 0 Å². The van der Waals surface area contributed by atoms with Gasteiger partial charge in [-0.3, -0.25) is 4.79 Å². The first-order valence-corrected chi connectivity index (χ1v) is 11.1. The molecule has 0 spiro atoms. The van der Waals surface area contributed by atoms with Crippen LogP contribution in [0.1, 0.15) is 37.7 Å². The summed E-state index contributed by atoms with van der Waals surface area (Å²) in [6, 6.07) is 18.1. The molecule has 1 aliphatic heterocycles. The fourth-order valence-electron chi connectivity index (χ4n) is 4.78. The Hall–Kier alpha value is -2.75. The average molecular weight is 404 g/mol. The highest BCUT2D eigenvalue weighted by atomic mass is 16.6. The van der Waals surface area contributed by atoms with Crippen LogP contribution in [0, 0.1) is 5.92 Å². The number of carbonyl (C=O) groups is 1. The number of fused-ring (bicyclic) bond motifs is 1. The molecule has 0 aromatic heterocycles. The Kier molecular flexibility index (Phi) is 5.24. The molecule has 0 unspecified atom stereocenters. The van der Waals surface area contributed by atoms with Crippen molar-refractivity contribution in [3.05, 3.63) is 72.3 Å². The second-order valence-electron chi connectivity index (χ2n) is 8.81. The van der Waals surface area contributed by atoms with Crippen LogP contribution in [-0.2, 0) is 10.2 Å². The lowest BCUT2D eigenvalue weighted by atomic mass is 9.91. The highest BCUT2D eigenvalue weighted by Crippen LogP contribution is 2.50. The van der Waals surface area contributed by atoms with E-state index in [4.69, 9.17) is 9.47 Å². The molecular weight excluding hydrogens is 374 g/mol. The van der Waals surface area contributed by atoms with Gasteiger partial charge >= 0.3 is 0 Å². The van der Waals surface area contributed by atoms with Gasteiger partial charge in [0.15, 0.2) is 17.6 Å². The first-order chi connectivity index (χ1) is 14.7. The van der Waals surface area contributed by atoms with E-state index < -0.39 is 0 Å². The maximum absolute atomic E-state index is 13.8. The first-order valence-electron chi connectivity index (χ1n) is 11.1. The number of nitrogens with zero attached hydrogens (tertiary/aromatic N) is 1. The summed E-state index contributed by atoms with van der Waals surface area (Å²) < 4.78 is 12.1. The van der Waals surface area contributed by atoms with Gasteiger partial charge < -0.3 is 14.4 Å². The van der Waals surface area contributed by atoms with E-state index in [1.165, 1.54) is 0 Å². The smallest absolute Gasteiger partial charge is 0.233 e. The largest absolute Gasteiger partial charge is 0.486 e. The van der Waals surface area contributed by atoms with Crippen molar-refractivity contribution in [2.24, 2.45) is 5.92 Å². The zero-order valence-corrected chi connectivity index (χ0v) is 17.3. The van der Waals surface area contributed by atoms with Gasteiger partial charge in [0.05, 0.1) is 12.0 Å². The van der Waals surface area contributed by atoms with Crippen LogP contribution in [0.15, 0.2) is 66.7 Å². The summed E-state index contributed by atoms with van der Waals surface area (Å²) in [5, 5.41) is 0. The van der Waals surface area contributed by atoms with Gasteiger partial charge in [-0.25, -0.2) is 0 Å². The molecule has 1 saturated carbocycles. The predicted octanol–water partition coefficient (Wildman–Crippen LogP) is 4.74. The molecule has 4 heteroatoms. The zero-order valence-electron chi connectivity index (χ0n) is 17.3. The maximum atomic E-state index is 13.8. The van der Waals surface area contributed by atoms with Crippen molar-refractivity contribution in [3.8, 4) is 11.5 Å². The van der Waals surface area contributed by atoms with Gasteiger partial charge in [0.2, 0.25) is 5.91 Å². The number of rotatable bonds is 6. The van der Waals surface area contributed by atoms with E-state index in [1.54, 1.807) is 0 Å². The molecule has 5 rings (SSSR count). The molecule has 4 nitrogen and oxygen atoms in total. The van der Waals surface area contributed by atoms with Crippen LogP contribution in [0.2, 0.25) is 0 Å². The summed E-state index contributed by atoms with van der Waals surface area (Å²) in [6.45, 7) is 1.84. The SMILES string of the molecule is O=C(N(C[C@H]1CC=CCC1)C[C@H]1COc2ccccc2O1)C1(c2ccccc2)CC1. The highest BCUT2D eigenvalue weighted by Gasteiger charge is 2.53. The minimum atomic E-state index is -0.348. The van der Waals surface area contributed by atoms with Gasteiger partial charge in [0, 0.05) is 6.54 Å². The third kappa shape index (κ3) is 3.83. The topological polar surface area (TPSA) is 38.8 Å². The van der Waals surface area contributed by atoms with E-state index >= 15 is 0 Å². The summed E-state index contributed by atoms with van der Waals surface area (Å²) in [4.78, 5) is 15.9. The molecule has 2 atom stereocenters. The van der Waals surface area contributed by atoms with Crippen LogP contribution in [0.3, 0.4) is 0 Å². The van der Waals surface area contributed by atoms with Gasteiger partial charge in [-0.2, -0.15) is 0 Å². The predicted molar refractivity (Wildman–Crippen MR) is 117 cm³/mol. The molecule has 1 fully saturated rings. The van der Waals surface area contributed by atoms with E-state index in [9.17, 15) is 4.79 Å². The molecule has 30 heavy (non-hydrogen) atoms.